The zero-order chi connectivity index (χ0) is 12.8. The zero-order valence-electron chi connectivity index (χ0n) is 11.6. The van der Waals surface area contributed by atoms with Crippen LogP contribution in [0.2, 0.25) is 0 Å². The van der Waals surface area contributed by atoms with Crippen LogP contribution in [0, 0.1) is 5.92 Å². The molecule has 3 nitrogen and oxygen atoms in total. The maximum atomic E-state index is 4.32. The maximum absolute atomic E-state index is 4.32. The molecule has 0 atom stereocenters. The Hall–Kier alpha value is -0.450. The SMILES string of the molecule is CC1CCC(NCCN(C)Cc2cscn2)CC1. The lowest BCUT2D eigenvalue weighted by Crippen LogP contribution is -2.37. The van der Waals surface area contributed by atoms with E-state index in [2.05, 4.69) is 34.6 Å². The van der Waals surface area contributed by atoms with Gasteiger partial charge in [-0.1, -0.05) is 6.92 Å². The smallest absolute Gasteiger partial charge is 0.0795 e. The largest absolute Gasteiger partial charge is 0.313 e. The van der Waals surface area contributed by atoms with E-state index in [1.54, 1.807) is 11.3 Å². The summed E-state index contributed by atoms with van der Waals surface area (Å²) in [6.07, 6.45) is 5.51. The molecule has 4 heteroatoms. The van der Waals surface area contributed by atoms with Crippen molar-refractivity contribution in [1.82, 2.24) is 15.2 Å². The second-order valence-electron chi connectivity index (χ2n) is 5.63. The van der Waals surface area contributed by atoms with Crippen molar-refractivity contribution in [2.45, 2.75) is 45.2 Å². The Labute approximate surface area is 115 Å². The molecule has 0 amide bonds. The molecule has 1 aromatic rings. The molecule has 0 radical (unpaired) electrons. The van der Waals surface area contributed by atoms with Gasteiger partial charge in [0.1, 0.15) is 0 Å². The fourth-order valence-corrected chi connectivity index (χ4v) is 3.14. The van der Waals surface area contributed by atoms with Gasteiger partial charge in [0, 0.05) is 31.1 Å². The highest BCUT2D eigenvalue weighted by Crippen LogP contribution is 2.23. The van der Waals surface area contributed by atoms with Crippen molar-refractivity contribution in [1.29, 1.82) is 0 Å². The molecule has 0 spiro atoms. The fourth-order valence-electron chi connectivity index (χ4n) is 2.59. The molecule has 2 rings (SSSR count). The van der Waals surface area contributed by atoms with Crippen LogP contribution in [0.15, 0.2) is 10.9 Å². The lowest BCUT2D eigenvalue weighted by Gasteiger charge is -2.27. The molecule has 1 N–H and O–H groups in total. The highest BCUT2D eigenvalue weighted by atomic mass is 32.1. The Bertz CT molecular complexity index is 318. The summed E-state index contributed by atoms with van der Waals surface area (Å²) >= 11 is 1.67. The molecular formula is C14H25N3S. The van der Waals surface area contributed by atoms with E-state index in [0.29, 0.717) is 0 Å². The van der Waals surface area contributed by atoms with Crippen LogP contribution < -0.4 is 5.32 Å². The van der Waals surface area contributed by atoms with Gasteiger partial charge in [-0.3, -0.25) is 4.90 Å². The monoisotopic (exact) mass is 267 g/mol. The normalized spacial score (nSPS) is 24.6. The number of rotatable bonds is 6. The minimum absolute atomic E-state index is 0.758. The van der Waals surface area contributed by atoms with Crippen LogP contribution in [0.25, 0.3) is 0 Å². The van der Waals surface area contributed by atoms with E-state index in [1.807, 2.05) is 5.51 Å². The Morgan fingerprint density at radius 2 is 2.17 bits per heavy atom. The van der Waals surface area contributed by atoms with E-state index in [-0.39, 0.29) is 0 Å². The molecule has 18 heavy (non-hydrogen) atoms. The highest BCUT2D eigenvalue weighted by Gasteiger charge is 2.17. The van der Waals surface area contributed by atoms with Gasteiger partial charge in [-0.05, 0) is 38.6 Å². The first kappa shape index (κ1) is 14.0. The summed E-state index contributed by atoms with van der Waals surface area (Å²) in [4.78, 5) is 6.66. The van der Waals surface area contributed by atoms with E-state index in [4.69, 9.17) is 0 Å². The molecule has 0 aliphatic heterocycles. The quantitative estimate of drug-likeness (QED) is 0.859. The van der Waals surface area contributed by atoms with Gasteiger partial charge in [-0.25, -0.2) is 4.98 Å². The van der Waals surface area contributed by atoms with Gasteiger partial charge in [-0.2, -0.15) is 0 Å². The summed E-state index contributed by atoms with van der Waals surface area (Å²) in [7, 11) is 2.17. The highest BCUT2D eigenvalue weighted by molar-refractivity contribution is 7.07. The van der Waals surface area contributed by atoms with Crippen molar-refractivity contribution >= 4 is 11.3 Å². The Balaban J connectivity index is 1.57. The van der Waals surface area contributed by atoms with Crippen molar-refractivity contribution in [3.63, 3.8) is 0 Å². The van der Waals surface area contributed by atoms with Crippen LogP contribution in [0.1, 0.15) is 38.3 Å². The number of hydrogen-bond acceptors (Lipinski definition) is 4. The number of likely N-dealkylation sites (N-methyl/N-ethyl adjacent to an activating group) is 1. The lowest BCUT2D eigenvalue weighted by atomic mass is 9.87. The second kappa shape index (κ2) is 7.22. The summed E-state index contributed by atoms with van der Waals surface area (Å²) in [5.41, 5.74) is 3.10. The second-order valence-corrected chi connectivity index (χ2v) is 6.35. The van der Waals surface area contributed by atoms with Crippen LogP contribution >= 0.6 is 11.3 Å². The van der Waals surface area contributed by atoms with Crippen molar-refractivity contribution in [2.24, 2.45) is 5.92 Å². The first-order valence-electron chi connectivity index (χ1n) is 7.03. The predicted molar refractivity (Wildman–Crippen MR) is 77.9 cm³/mol. The molecule has 1 aliphatic carbocycles. The fraction of sp³-hybridized carbons (Fsp3) is 0.786. The third kappa shape index (κ3) is 4.67. The molecule has 1 aromatic heterocycles. The third-order valence-corrected chi connectivity index (χ3v) is 4.49. The standard InChI is InChI=1S/C14H25N3S/c1-12-3-5-13(6-4-12)15-7-8-17(2)9-14-10-18-11-16-14/h10-13,15H,3-9H2,1-2H3. The molecular weight excluding hydrogens is 242 g/mol. The molecule has 102 valence electrons. The summed E-state index contributed by atoms with van der Waals surface area (Å²) in [5.74, 6) is 0.940. The van der Waals surface area contributed by atoms with Crippen molar-refractivity contribution in [3.8, 4) is 0 Å². The van der Waals surface area contributed by atoms with Crippen LogP contribution in [0.4, 0.5) is 0 Å². The summed E-state index contributed by atoms with van der Waals surface area (Å²) < 4.78 is 0. The molecule has 0 unspecified atom stereocenters. The number of hydrogen-bond donors (Lipinski definition) is 1. The van der Waals surface area contributed by atoms with Gasteiger partial charge >= 0.3 is 0 Å². The van der Waals surface area contributed by atoms with Gasteiger partial charge in [0.2, 0.25) is 0 Å². The van der Waals surface area contributed by atoms with Gasteiger partial charge < -0.3 is 5.32 Å². The van der Waals surface area contributed by atoms with Crippen LogP contribution in [0.5, 0.6) is 0 Å². The molecule has 0 saturated heterocycles. The van der Waals surface area contributed by atoms with E-state index in [1.165, 1.54) is 31.4 Å². The van der Waals surface area contributed by atoms with E-state index in [0.717, 1.165) is 31.6 Å². The predicted octanol–water partition coefficient (Wildman–Crippen LogP) is 2.74. The summed E-state index contributed by atoms with van der Waals surface area (Å²) in [6, 6.07) is 0.758. The third-order valence-electron chi connectivity index (χ3n) is 3.86. The summed E-state index contributed by atoms with van der Waals surface area (Å²) in [6.45, 7) is 5.54. The molecule has 1 fully saturated rings. The van der Waals surface area contributed by atoms with Gasteiger partial charge in [0.05, 0.1) is 11.2 Å². The first-order chi connectivity index (χ1) is 8.74. The molecule has 1 heterocycles. The maximum Gasteiger partial charge on any atom is 0.0795 e. The average Bonchev–Trinajstić information content (AvgIpc) is 2.84. The molecule has 1 saturated carbocycles. The minimum atomic E-state index is 0.758. The Morgan fingerprint density at radius 3 is 2.83 bits per heavy atom. The average molecular weight is 267 g/mol. The van der Waals surface area contributed by atoms with Crippen molar-refractivity contribution in [2.75, 3.05) is 20.1 Å². The van der Waals surface area contributed by atoms with Crippen molar-refractivity contribution in [3.05, 3.63) is 16.6 Å². The van der Waals surface area contributed by atoms with E-state index < -0.39 is 0 Å². The minimum Gasteiger partial charge on any atom is -0.313 e. The van der Waals surface area contributed by atoms with E-state index in [9.17, 15) is 0 Å². The van der Waals surface area contributed by atoms with Gasteiger partial charge in [0.25, 0.3) is 0 Å². The topological polar surface area (TPSA) is 28.2 Å². The first-order valence-corrected chi connectivity index (χ1v) is 7.97. The van der Waals surface area contributed by atoms with Crippen LogP contribution in [0.3, 0.4) is 0 Å². The van der Waals surface area contributed by atoms with Crippen LogP contribution in [-0.2, 0) is 6.54 Å². The summed E-state index contributed by atoms with van der Waals surface area (Å²) in [5, 5.41) is 5.82. The number of aromatic nitrogens is 1. The number of thiazole rings is 1. The number of nitrogens with one attached hydrogen (secondary N) is 1. The van der Waals surface area contributed by atoms with Crippen molar-refractivity contribution < 1.29 is 0 Å². The van der Waals surface area contributed by atoms with Gasteiger partial charge in [-0.15, -0.1) is 11.3 Å². The molecule has 1 aliphatic rings. The molecule has 0 bridgehead atoms. The molecule has 0 aromatic carbocycles. The zero-order valence-corrected chi connectivity index (χ0v) is 12.4. The van der Waals surface area contributed by atoms with Gasteiger partial charge in [0.15, 0.2) is 0 Å². The lowest BCUT2D eigenvalue weighted by molar-refractivity contribution is 0.278. The number of nitrogens with zero attached hydrogens (tertiary/aromatic N) is 2. The van der Waals surface area contributed by atoms with Crippen LogP contribution in [-0.4, -0.2) is 36.1 Å². The Kier molecular flexibility index (Phi) is 5.60. The van der Waals surface area contributed by atoms with E-state index >= 15 is 0 Å². The Morgan fingerprint density at radius 1 is 1.39 bits per heavy atom.